The van der Waals surface area contributed by atoms with Crippen LogP contribution < -0.4 is 10.1 Å². The molecule has 132 valence electrons. The summed E-state index contributed by atoms with van der Waals surface area (Å²) in [5.74, 6) is 0.398. The molecule has 3 rings (SSSR count). The average Bonchev–Trinajstić information content (AvgIpc) is 2.87. The number of nitrogens with zero attached hydrogens (tertiary/aromatic N) is 2. The summed E-state index contributed by atoms with van der Waals surface area (Å²) in [4.78, 5) is 26.3. The maximum atomic E-state index is 12.8. The number of rotatable bonds is 5. The molecule has 1 heterocycles. The quantitative estimate of drug-likeness (QED) is 0.842. The lowest BCUT2D eigenvalue weighted by Crippen LogP contribution is -2.41. The van der Waals surface area contributed by atoms with Crippen molar-refractivity contribution in [2.45, 2.75) is 19.4 Å². The fraction of sp³-hybridized carbons (Fsp3) is 0.250. The van der Waals surface area contributed by atoms with Gasteiger partial charge in [-0.2, -0.15) is 5.26 Å². The minimum absolute atomic E-state index is 0.158. The molecule has 1 N–H and O–H groups in total. The Kier molecular flexibility index (Phi) is 4.63. The van der Waals surface area contributed by atoms with Gasteiger partial charge in [0.1, 0.15) is 17.9 Å². The van der Waals surface area contributed by atoms with Gasteiger partial charge >= 0.3 is 6.03 Å². The smallest absolute Gasteiger partial charge is 0.325 e. The van der Waals surface area contributed by atoms with Crippen LogP contribution >= 0.6 is 0 Å². The molecule has 0 unspecified atom stereocenters. The topological polar surface area (TPSA) is 82.4 Å². The zero-order valence-corrected chi connectivity index (χ0v) is 14.7. The molecule has 6 nitrogen and oxygen atoms in total. The largest absolute Gasteiger partial charge is 0.491 e. The van der Waals surface area contributed by atoms with Crippen LogP contribution in [0.1, 0.15) is 23.6 Å². The first-order chi connectivity index (χ1) is 12.5. The molecule has 3 amide bonds. The van der Waals surface area contributed by atoms with Crippen molar-refractivity contribution in [3.63, 3.8) is 0 Å². The van der Waals surface area contributed by atoms with E-state index in [1.165, 1.54) is 0 Å². The number of ether oxygens (including phenoxy) is 1. The van der Waals surface area contributed by atoms with Crippen LogP contribution in [0.25, 0.3) is 0 Å². The number of nitriles is 1. The van der Waals surface area contributed by atoms with Gasteiger partial charge in [0.2, 0.25) is 0 Å². The number of hydrogen-bond donors (Lipinski definition) is 1. The Morgan fingerprint density at radius 3 is 2.50 bits per heavy atom. The van der Waals surface area contributed by atoms with E-state index in [4.69, 9.17) is 10.00 Å². The number of carbonyl (C=O) groups excluding carboxylic acids is 2. The fourth-order valence-electron chi connectivity index (χ4n) is 2.94. The highest BCUT2D eigenvalue weighted by Crippen LogP contribution is 2.29. The second-order valence-corrected chi connectivity index (χ2v) is 6.32. The molecular weight excluding hydrogens is 330 g/mol. The zero-order valence-electron chi connectivity index (χ0n) is 14.7. The minimum atomic E-state index is -1.15. The minimum Gasteiger partial charge on any atom is -0.491 e. The molecule has 1 fully saturated rings. The number of amides is 3. The van der Waals surface area contributed by atoms with Gasteiger partial charge in [0.05, 0.1) is 18.2 Å². The van der Waals surface area contributed by atoms with Crippen LogP contribution in [0.4, 0.5) is 4.79 Å². The number of hydrogen-bond acceptors (Lipinski definition) is 4. The molecule has 0 saturated carbocycles. The van der Waals surface area contributed by atoms with Gasteiger partial charge in [0.25, 0.3) is 5.91 Å². The van der Waals surface area contributed by atoms with E-state index in [1.807, 2.05) is 37.3 Å². The lowest BCUT2D eigenvalue weighted by Gasteiger charge is -2.22. The molecule has 6 heteroatoms. The molecule has 0 aliphatic carbocycles. The van der Waals surface area contributed by atoms with Gasteiger partial charge in [-0.1, -0.05) is 30.3 Å². The summed E-state index contributed by atoms with van der Waals surface area (Å²) in [7, 11) is 0. The maximum Gasteiger partial charge on any atom is 0.325 e. The highest BCUT2D eigenvalue weighted by atomic mass is 16.5. The van der Waals surface area contributed by atoms with Crippen LogP contribution in [-0.2, 0) is 10.3 Å². The number of para-hydroxylation sites is 1. The van der Waals surface area contributed by atoms with E-state index in [9.17, 15) is 9.59 Å². The molecule has 0 spiro atoms. The predicted octanol–water partition coefficient (Wildman–Crippen LogP) is 2.71. The Balaban J connectivity index is 1.70. The molecule has 1 saturated heterocycles. The first-order valence-corrected chi connectivity index (χ1v) is 8.29. The number of nitrogens with one attached hydrogen (secondary N) is 1. The SMILES string of the molecule is Cc1ccccc1OCCN1C(=O)N[C@](C)(c2ccc(C#N)cc2)C1=O. The van der Waals surface area contributed by atoms with Gasteiger partial charge < -0.3 is 10.1 Å². The zero-order chi connectivity index (χ0) is 18.7. The molecule has 2 aromatic carbocycles. The van der Waals surface area contributed by atoms with Crippen molar-refractivity contribution in [3.05, 3.63) is 65.2 Å². The first kappa shape index (κ1) is 17.5. The van der Waals surface area contributed by atoms with Gasteiger partial charge in [0, 0.05) is 0 Å². The maximum absolute atomic E-state index is 12.8. The fourth-order valence-corrected chi connectivity index (χ4v) is 2.94. The molecule has 1 atom stereocenters. The van der Waals surface area contributed by atoms with Crippen LogP contribution in [0, 0.1) is 18.3 Å². The van der Waals surface area contributed by atoms with Crippen molar-refractivity contribution in [2.24, 2.45) is 0 Å². The summed E-state index contributed by atoms with van der Waals surface area (Å²) < 4.78 is 5.69. The third kappa shape index (κ3) is 3.11. The number of imide groups is 1. The Morgan fingerprint density at radius 2 is 1.85 bits per heavy atom. The second-order valence-electron chi connectivity index (χ2n) is 6.32. The molecule has 0 aromatic heterocycles. The third-order valence-electron chi connectivity index (χ3n) is 4.53. The van der Waals surface area contributed by atoms with E-state index >= 15 is 0 Å². The Bertz CT molecular complexity index is 886. The lowest BCUT2D eigenvalue weighted by atomic mass is 9.91. The summed E-state index contributed by atoms with van der Waals surface area (Å²) in [6.07, 6.45) is 0. The number of benzene rings is 2. The summed E-state index contributed by atoms with van der Waals surface area (Å²) in [5.41, 5.74) is 0.982. The summed E-state index contributed by atoms with van der Waals surface area (Å²) >= 11 is 0. The molecule has 26 heavy (non-hydrogen) atoms. The van der Waals surface area contributed by atoms with Crippen molar-refractivity contribution >= 4 is 11.9 Å². The standard InChI is InChI=1S/C20H19N3O3/c1-14-5-3-4-6-17(14)26-12-11-23-18(24)20(2,22-19(23)25)16-9-7-15(13-21)8-10-16/h3-10H,11-12H2,1-2H3,(H,22,25)/t20-/m1/s1. The van der Waals surface area contributed by atoms with E-state index in [1.54, 1.807) is 31.2 Å². The number of urea groups is 1. The Hall–Kier alpha value is -3.33. The third-order valence-corrected chi connectivity index (χ3v) is 4.53. The average molecular weight is 349 g/mol. The molecule has 1 aliphatic heterocycles. The summed E-state index contributed by atoms with van der Waals surface area (Å²) in [5, 5.41) is 11.6. The molecule has 0 bridgehead atoms. The van der Waals surface area contributed by atoms with Crippen LogP contribution in [0.5, 0.6) is 5.75 Å². The number of carbonyl (C=O) groups is 2. The van der Waals surface area contributed by atoms with Crippen molar-refractivity contribution in [1.29, 1.82) is 5.26 Å². The van der Waals surface area contributed by atoms with E-state index in [-0.39, 0.29) is 19.1 Å². The van der Waals surface area contributed by atoms with E-state index in [0.717, 1.165) is 16.2 Å². The summed E-state index contributed by atoms with van der Waals surface area (Å²) in [6, 6.07) is 15.8. The monoisotopic (exact) mass is 349 g/mol. The van der Waals surface area contributed by atoms with E-state index in [2.05, 4.69) is 5.32 Å². The highest BCUT2D eigenvalue weighted by Gasteiger charge is 2.48. The Labute approximate surface area is 152 Å². The Morgan fingerprint density at radius 1 is 1.15 bits per heavy atom. The van der Waals surface area contributed by atoms with E-state index in [0.29, 0.717) is 11.1 Å². The molecular formula is C20H19N3O3. The van der Waals surface area contributed by atoms with Crippen LogP contribution in [0.15, 0.2) is 48.5 Å². The van der Waals surface area contributed by atoms with Gasteiger partial charge in [-0.05, 0) is 43.2 Å². The highest BCUT2D eigenvalue weighted by molar-refractivity contribution is 6.07. The summed E-state index contributed by atoms with van der Waals surface area (Å²) in [6.45, 7) is 3.97. The van der Waals surface area contributed by atoms with Crippen molar-refractivity contribution in [2.75, 3.05) is 13.2 Å². The van der Waals surface area contributed by atoms with Gasteiger partial charge in [-0.3, -0.25) is 9.69 Å². The van der Waals surface area contributed by atoms with Crippen molar-refractivity contribution in [1.82, 2.24) is 10.2 Å². The van der Waals surface area contributed by atoms with Crippen LogP contribution in [0.2, 0.25) is 0 Å². The van der Waals surface area contributed by atoms with E-state index < -0.39 is 11.6 Å². The van der Waals surface area contributed by atoms with Gasteiger partial charge in [-0.15, -0.1) is 0 Å². The van der Waals surface area contributed by atoms with Crippen LogP contribution in [-0.4, -0.2) is 30.0 Å². The van der Waals surface area contributed by atoms with Crippen molar-refractivity contribution in [3.8, 4) is 11.8 Å². The first-order valence-electron chi connectivity index (χ1n) is 8.29. The van der Waals surface area contributed by atoms with Crippen molar-refractivity contribution < 1.29 is 14.3 Å². The van der Waals surface area contributed by atoms with Crippen LogP contribution in [0.3, 0.4) is 0 Å². The predicted molar refractivity (Wildman–Crippen MR) is 95.4 cm³/mol. The second kappa shape index (κ2) is 6.89. The number of aryl methyl sites for hydroxylation is 1. The molecule has 1 aliphatic rings. The van der Waals surface area contributed by atoms with Gasteiger partial charge in [0.15, 0.2) is 0 Å². The van der Waals surface area contributed by atoms with Gasteiger partial charge in [-0.25, -0.2) is 4.79 Å². The molecule has 2 aromatic rings. The lowest BCUT2D eigenvalue weighted by molar-refractivity contribution is -0.131. The normalized spacial score (nSPS) is 19.2. The molecule has 0 radical (unpaired) electrons.